The molecule has 1 rings (SSSR count). The Hall–Kier alpha value is -1.02. The van der Waals surface area contributed by atoms with Gasteiger partial charge >= 0.3 is 0 Å². The van der Waals surface area contributed by atoms with Crippen molar-refractivity contribution in [2.24, 2.45) is 0 Å². The van der Waals surface area contributed by atoms with Crippen LogP contribution in [0.3, 0.4) is 0 Å². The molecular weight excluding hydrogens is 238 g/mol. The maximum Gasteiger partial charge on any atom is 0.0425 e. The molecule has 0 bridgehead atoms. The summed E-state index contributed by atoms with van der Waals surface area (Å²) in [7, 11) is 0. The quantitative estimate of drug-likeness (QED) is 0.698. The molecule has 0 aromatic carbocycles. The molecule has 100 valence electrons. The van der Waals surface area contributed by atoms with Crippen molar-refractivity contribution in [2.45, 2.75) is 54.0 Å². The predicted octanol–water partition coefficient (Wildman–Crippen LogP) is 5.28. The van der Waals surface area contributed by atoms with Gasteiger partial charge in [-0.2, -0.15) is 0 Å². The smallest absolute Gasteiger partial charge is 0.0425 e. The lowest BCUT2D eigenvalue weighted by atomic mass is 10.0. The number of hydrogen-bond acceptors (Lipinski definition) is 2. The third kappa shape index (κ3) is 2.69. The van der Waals surface area contributed by atoms with Gasteiger partial charge in [0.15, 0.2) is 0 Å². The van der Waals surface area contributed by atoms with E-state index in [0.29, 0.717) is 6.04 Å². The zero-order chi connectivity index (χ0) is 14.0. The number of nitrogens with zero attached hydrogens (tertiary/aromatic N) is 1. The minimum Gasteiger partial charge on any atom is -0.343 e. The molecule has 0 aliphatic carbocycles. The normalized spacial score (nSPS) is 10.8. The Morgan fingerprint density at radius 2 is 1.72 bits per heavy atom. The molecule has 1 aromatic rings. The molecule has 0 saturated carbocycles. The van der Waals surface area contributed by atoms with Crippen molar-refractivity contribution >= 4 is 17.0 Å². The molecule has 0 N–H and O–H groups in total. The van der Waals surface area contributed by atoms with Gasteiger partial charge in [-0.3, -0.25) is 0 Å². The largest absolute Gasteiger partial charge is 0.343 e. The number of allylic oxidation sites excluding steroid dienone is 1. The maximum absolute atomic E-state index is 4.32. The van der Waals surface area contributed by atoms with Gasteiger partial charge in [-0.1, -0.05) is 20.1 Å². The van der Waals surface area contributed by atoms with Crippen molar-refractivity contribution in [1.82, 2.24) is 4.90 Å². The molecule has 1 heterocycles. The van der Waals surface area contributed by atoms with Crippen LogP contribution in [-0.2, 0) is 0 Å². The molecular formula is C16H25NS. The van der Waals surface area contributed by atoms with E-state index in [-0.39, 0.29) is 0 Å². The molecule has 0 spiro atoms. The van der Waals surface area contributed by atoms with Crippen molar-refractivity contribution < 1.29 is 0 Å². The van der Waals surface area contributed by atoms with Gasteiger partial charge in [-0.25, -0.2) is 0 Å². The van der Waals surface area contributed by atoms with Gasteiger partial charge < -0.3 is 4.90 Å². The second-order valence-corrected chi connectivity index (χ2v) is 6.47. The number of rotatable bonds is 5. The molecule has 18 heavy (non-hydrogen) atoms. The topological polar surface area (TPSA) is 3.24 Å². The first-order valence-corrected chi connectivity index (χ1v) is 7.35. The zero-order valence-electron chi connectivity index (χ0n) is 12.6. The minimum absolute atomic E-state index is 0.393. The molecule has 0 saturated heterocycles. The van der Waals surface area contributed by atoms with Crippen molar-refractivity contribution in [3.63, 3.8) is 0 Å². The molecule has 0 unspecified atom stereocenters. The fourth-order valence-electron chi connectivity index (χ4n) is 2.38. The highest BCUT2D eigenvalue weighted by Gasteiger charge is 2.20. The first-order valence-electron chi connectivity index (χ1n) is 6.54. The number of thiophene rings is 1. The Morgan fingerprint density at radius 3 is 2.06 bits per heavy atom. The second kappa shape index (κ2) is 5.75. The minimum atomic E-state index is 0.393. The molecule has 0 aliphatic heterocycles. The predicted molar refractivity (Wildman–Crippen MR) is 84.0 cm³/mol. The van der Waals surface area contributed by atoms with Gasteiger partial charge in [0.05, 0.1) is 0 Å². The maximum atomic E-state index is 4.32. The Labute approximate surface area is 116 Å². The average Bonchev–Trinajstić information content (AvgIpc) is 2.52. The van der Waals surface area contributed by atoms with Crippen LogP contribution in [0, 0.1) is 20.8 Å². The van der Waals surface area contributed by atoms with E-state index in [2.05, 4.69) is 59.6 Å². The SMILES string of the molecule is C=C(CC)N(C(=C)c1c(C)sc(C)c1C)C(C)C. The van der Waals surface area contributed by atoms with Crippen LogP contribution in [0.2, 0.25) is 0 Å². The Bertz CT molecular complexity index is 466. The Balaban J connectivity index is 3.22. The highest BCUT2D eigenvalue weighted by Crippen LogP contribution is 2.35. The first-order chi connectivity index (χ1) is 8.31. The average molecular weight is 263 g/mol. The zero-order valence-corrected chi connectivity index (χ0v) is 13.4. The van der Waals surface area contributed by atoms with Crippen molar-refractivity contribution in [1.29, 1.82) is 0 Å². The van der Waals surface area contributed by atoms with Crippen LogP contribution in [0.1, 0.15) is 48.1 Å². The van der Waals surface area contributed by atoms with E-state index in [1.54, 1.807) is 0 Å². The standard InChI is InChI=1S/C16H25NS/c1-9-11(4)17(10(2)3)13(6)16-12(5)14(7)18-15(16)8/h10H,4,6,9H2,1-3,5,7-8H3. The molecule has 0 amide bonds. The summed E-state index contributed by atoms with van der Waals surface area (Å²) < 4.78 is 0. The fraction of sp³-hybridized carbons (Fsp3) is 0.500. The summed E-state index contributed by atoms with van der Waals surface area (Å²) in [5.74, 6) is 0. The van der Waals surface area contributed by atoms with Gasteiger partial charge in [0.25, 0.3) is 0 Å². The summed E-state index contributed by atoms with van der Waals surface area (Å²) in [6, 6.07) is 0.393. The van der Waals surface area contributed by atoms with Crippen molar-refractivity contribution in [2.75, 3.05) is 0 Å². The third-order valence-corrected chi connectivity index (χ3v) is 4.53. The van der Waals surface area contributed by atoms with E-state index in [1.807, 2.05) is 11.3 Å². The molecule has 0 atom stereocenters. The summed E-state index contributed by atoms with van der Waals surface area (Å²) >= 11 is 1.86. The van der Waals surface area contributed by atoms with Gasteiger partial charge in [0.2, 0.25) is 0 Å². The summed E-state index contributed by atoms with van der Waals surface area (Å²) in [4.78, 5) is 5.00. The van der Waals surface area contributed by atoms with Crippen LogP contribution in [0.4, 0.5) is 0 Å². The molecule has 0 fully saturated rings. The third-order valence-electron chi connectivity index (χ3n) is 3.41. The Kier molecular flexibility index (Phi) is 4.80. The summed E-state index contributed by atoms with van der Waals surface area (Å²) in [6.45, 7) is 21.6. The molecule has 0 aliphatic rings. The van der Waals surface area contributed by atoms with Gasteiger partial charge in [0.1, 0.15) is 0 Å². The van der Waals surface area contributed by atoms with Gasteiger partial charge in [0, 0.05) is 32.8 Å². The van der Waals surface area contributed by atoms with E-state index in [9.17, 15) is 0 Å². The van der Waals surface area contributed by atoms with Gasteiger partial charge in [-0.05, 0) is 46.6 Å². The lowest BCUT2D eigenvalue weighted by molar-refractivity contribution is 0.396. The lowest BCUT2D eigenvalue weighted by Gasteiger charge is -2.32. The highest BCUT2D eigenvalue weighted by molar-refractivity contribution is 7.12. The lowest BCUT2D eigenvalue weighted by Crippen LogP contribution is -2.28. The van der Waals surface area contributed by atoms with Crippen LogP contribution in [0.25, 0.3) is 5.70 Å². The summed E-state index contributed by atoms with van der Waals surface area (Å²) in [5, 5.41) is 0. The van der Waals surface area contributed by atoms with E-state index < -0.39 is 0 Å². The first kappa shape index (κ1) is 15.0. The van der Waals surface area contributed by atoms with Crippen LogP contribution < -0.4 is 0 Å². The van der Waals surface area contributed by atoms with Crippen LogP contribution in [-0.4, -0.2) is 10.9 Å². The fourth-order valence-corrected chi connectivity index (χ4v) is 3.46. The molecule has 1 nitrogen and oxygen atoms in total. The van der Waals surface area contributed by atoms with Crippen molar-refractivity contribution in [3.05, 3.63) is 39.7 Å². The molecule has 1 aromatic heterocycles. The van der Waals surface area contributed by atoms with Crippen molar-refractivity contribution in [3.8, 4) is 0 Å². The van der Waals surface area contributed by atoms with Crippen LogP contribution in [0.15, 0.2) is 18.9 Å². The number of aryl methyl sites for hydroxylation is 2. The number of hydrogen-bond donors (Lipinski definition) is 0. The Morgan fingerprint density at radius 1 is 1.17 bits per heavy atom. The highest BCUT2D eigenvalue weighted by atomic mass is 32.1. The van der Waals surface area contributed by atoms with Crippen LogP contribution >= 0.6 is 11.3 Å². The molecule has 0 radical (unpaired) electrons. The second-order valence-electron chi connectivity index (χ2n) is 5.04. The van der Waals surface area contributed by atoms with E-state index in [4.69, 9.17) is 0 Å². The van der Waals surface area contributed by atoms with E-state index in [1.165, 1.54) is 20.9 Å². The van der Waals surface area contributed by atoms with Gasteiger partial charge in [-0.15, -0.1) is 11.3 Å². The summed E-state index contributed by atoms with van der Waals surface area (Å²) in [6.07, 6.45) is 0.957. The van der Waals surface area contributed by atoms with E-state index >= 15 is 0 Å². The summed E-state index contributed by atoms with van der Waals surface area (Å²) in [5.41, 5.74) is 4.90. The van der Waals surface area contributed by atoms with Crippen LogP contribution in [0.5, 0.6) is 0 Å². The molecule has 2 heteroatoms. The monoisotopic (exact) mass is 263 g/mol. The van der Waals surface area contributed by atoms with E-state index in [0.717, 1.165) is 17.8 Å².